The van der Waals surface area contributed by atoms with E-state index in [1.165, 1.54) is 12.1 Å². The highest BCUT2D eigenvalue weighted by molar-refractivity contribution is 6.31. The van der Waals surface area contributed by atoms with Crippen molar-refractivity contribution in [2.75, 3.05) is 0 Å². The van der Waals surface area contributed by atoms with Gasteiger partial charge in [-0.05, 0) is 30.5 Å². The average Bonchev–Trinajstić information content (AvgIpc) is 2.87. The van der Waals surface area contributed by atoms with E-state index >= 15 is 0 Å². The summed E-state index contributed by atoms with van der Waals surface area (Å²) in [6, 6.07) is 3.31. The number of carboxylic acid groups (broad SMARTS) is 1. The van der Waals surface area contributed by atoms with Crippen molar-refractivity contribution in [3.8, 4) is 0 Å². The Kier molecular flexibility index (Phi) is 4.67. The third-order valence-corrected chi connectivity index (χ3v) is 4.03. The molecule has 1 fully saturated rings. The van der Waals surface area contributed by atoms with Gasteiger partial charge < -0.3 is 15.7 Å². The number of halogens is 2. The Morgan fingerprint density at radius 2 is 2.00 bits per heavy atom. The van der Waals surface area contributed by atoms with Crippen molar-refractivity contribution in [1.29, 1.82) is 0 Å². The minimum absolute atomic E-state index is 0.0979. The molecule has 3 N–H and O–H groups in total. The molecular weight excluding hydrogens is 299 g/mol. The molecule has 2 rings (SSSR count). The second-order valence-electron chi connectivity index (χ2n) is 5.14. The third-order valence-electron chi connectivity index (χ3n) is 3.67. The van der Waals surface area contributed by atoms with Crippen LogP contribution in [0.2, 0.25) is 5.02 Å². The summed E-state index contributed by atoms with van der Waals surface area (Å²) in [7, 11) is 0. The fourth-order valence-electron chi connectivity index (χ4n) is 2.47. The highest BCUT2D eigenvalue weighted by Crippen LogP contribution is 2.29. The number of benzene rings is 1. The minimum atomic E-state index is -1.18. The standard InChI is InChI=1S/C14H16ClFN2O3/c15-11-7-10(16)4-3-9(11)8-17-13(21)18-14(12(19)20)5-1-2-6-14/h3-4,7H,1-2,5-6,8H2,(H,19,20)(H2,17,18,21). The number of carbonyl (C=O) groups is 2. The molecule has 1 aromatic rings. The largest absolute Gasteiger partial charge is 0.480 e. The van der Waals surface area contributed by atoms with Crippen molar-refractivity contribution in [3.63, 3.8) is 0 Å². The molecule has 5 nitrogen and oxygen atoms in total. The Morgan fingerprint density at radius 1 is 1.33 bits per heavy atom. The number of rotatable bonds is 4. The van der Waals surface area contributed by atoms with Crippen LogP contribution in [-0.4, -0.2) is 22.6 Å². The number of aliphatic carboxylic acids is 1. The second kappa shape index (κ2) is 6.30. The molecule has 0 heterocycles. The van der Waals surface area contributed by atoms with Gasteiger partial charge in [-0.3, -0.25) is 0 Å². The Bertz CT molecular complexity index is 559. The lowest BCUT2D eigenvalue weighted by atomic mass is 9.98. The molecule has 1 aliphatic carbocycles. The van der Waals surface area contributed by atoms with Crippen LogP contribution < -0.4 is 10.6 Å². The fourth-order valence-corrected chi connectivity index (χ4v) is 2.71. The first-order valence-electron chi connectivity index (χ1n) is 6.66. The van der Waals surface area contributed by atoms with E-state index in [0.717, 1.165) is 18.9 Å². The van der Waals surface area contributed by atoms with Gasteiger partial charge in [0.2, 0.25) is 0 Å². The van der Waals surface area contributed by atoms with Gasteiger partial charge in [0, 0.05) is 11.6 Å². The number of amides is 2. The minimum Gasteiger partial charge on any atom is -0.480 e. The molecule has 0 spiro atoms. The smallest absolute Gasteiger partial charge is 0.329 e. The van der Waals surface area contributed by atoms with E-state index in [-0.39, 0.29) is 11.6 Å². The van der Waals surface area contributed by atoms with Gasteiger partial charge in [-0.2, -0.15) is 0 Å². The van der Waals surface area contributed by atoms with Gasteiger partial charge in [0.1, 0.15) is 11.4 Å². The highest BCUT2D eigenvalue weighted by atomic mass is 35.5. The fraction of sp³-hybridized carbons (Fsp3) is 0.429. The number of urea groups is 1. The summed E-state index contributed by atoms with van der Waals surface area (Å²) in [6.07, 6.45) is 2.40. The Morgan fingerprint density at radius 3 is 2.57 bits per heavy atom. The summed E-state index contributed by atoms with van der Waals surface area (Å²) in [5.41, 5.74) is -0.625. The summed E-state index contributed by atoms with van der Waals surface area (Å²) in [6.45, 7) is 0.0979. The lowest BCUT2D eigenvalue weighted by Crippen LogP contribution is -2.55. The molecule has 7 heteroatoms. The van der Waals surface area contributed by atoms with E-state index in [1.807, 2.05) is 0 Å². The van der Waals surface area contributed by atoms with Crippen molar-refractivity contribution in [1.82, 2.24) is 10.6 Å². The van der Waals surface area contributed by atoms with E-state index < -0.39 is 23.4 Å². The van der Waals surface area contributed by atoms with Crippen molar-refractivity contribution in [2.24, 2.45) is 0 Å². The van der Waals surface area contributed by atoms with E-state index in [4.69, 9.17) is 11.6 Å². The normalized spacial score (nSPS) is 16.5. The second-order valence-corrected chi connectivity index (χ2v) is 5.54. The molecule has 0 atom stereocenters. The zero-order chi connectivity index (χ0) is 15.5. The van der Waals surface area contributed by atoms with E-state index in [9.17, 15) is 19.1 Å². The molecule has 0 radical (unpaired) electrons. The molecule has 0 bridgehead atoms. The molecular formula is C14H16ClFN2O3. The van der Waals surface area contributed by atoms with Crippen molar-refractivity contribution in [3.05, 3.63) is 34.6 Å². The van der Waals surface area contributed by atoms with Crippen LogP contribution in [0.15, 0.2) is 18.2 Å². The lowest BCUT2D eigenvalue weighted by molar-refractivity contribution is -0.144. The summed E-state index contributed by atoms with van der Waals surface area (Å²) in [4.78, 5) is 23.2. The van der Waals surface area contributed by atoms with E-state index in [1.54, 1.807) is 0 Å². The summed E-state index contributed by atoms with van der Waals surface area (Å²) < 4.78 is 12.9. The summed E-state index contributed by atoms with van der Waals surface area (Å²) >= 11 is 5.86. The van der Waals surface area contributed by atoms with E-state index in [0.29, 0.717) is 18.4 Å². The van der Waals surface area contributed by atoms with Crippen LogP contribution in [0.4, 0.5) is 9.18 Å². The maximum absolute atomic E-state index is 12.9. The van der Waals surface area contributed by atoms with Gasteiger partial charge in [-0.25, -0.2) is 14.0 Å². The SMILES string of the molecule is O=C(NCc1ccc(F)cc1Cl)NC1(C(=O)O)CCCC1. The van der Waals surface area contributed by atoms with Crippen LogP contribution in [0.5, 0.6) is 0 Å². The summed E-state index contributed by atoms with van der Waals surface area (Å²) in [5, 5.41) is 14.6. The van der Waals surface area contributed by atoms with Crippen LogP contribution in [0, 0.1) is 5.82 Å². The van der Waals surface area contributed by atoms with Gasteiger partial charge in [0.15, 0.2) is 0 Å². The predicted octanol–water partition coefficient (Wildman–Crippen LogP) is 2.68. The number of hydrogen-bond acceptors (Lipinski definition) is 2. The zero-order valence-corrected chi connectivity index (χ0v) is 12.0. The summed E-state index contributed by atoms with van der Waals surface area (Å²) in [5.74, 6) is -1.47. The molecule has 114 valence electrons. The van der Waals surface area contributed by atoms with Crippen LogP contribution in [0.3, 0.4) is 0 Å². The number of carboxylic acids is 1. The van der Waals surface area contributed by atoms with Gasteiger partial charge in [0.25, 0.3) is 0 Å². The number of hydrogen-bond donors (Lipinski definition) is 3. The monoisotopic (exact) mass is 314 g/mol. The zero-order valence-electron chi connectivity index (χ0n) is 11.3. The molecule has 1 aliphatic rings. The molecule has 0 unspecified atom stereocenters. The lowest BCUT2D eigenvalue weighted by Gasteiger charge is -2.25. The molecule has 1 saturated carbocycles. The van der Waals surface area contributed by atoms with E-state index in [2.05, 4.69) is 10.6 Å². The predicted molar refractivity (Wildman–Crippen MR) is 75.6 cm³/mol. The van der Waals surface area contributed by atoms with Crippen LogP contribution in [0.25, 0.3) is 0 Å². The first-order chi connectivity index (χ1) is 9.93. The highest BCUT2D eigenvalue weighted by Gasteiger charge is 2.42. The van der Waals surface area contributed by atoms with Crippen LogP contribution in [-0.2, 0) is 11.3 Å². The average molecular weight is 315 g/mol. The van der Waals surface area contributed by atoms with Gasteiger partial charge >= 0.3 is 12.0 Å². The van der Waals surface area contributed by atoms with Gasteiger partial charge in [-0.1, -0.05) is 30.5 Å². The molecule has 21 heavy (non-hydrogen) atoms. The Hall–Kier alpha value is -1.82. The van der Waals surface area contributed by atoms with Crippen molar-refractivity contribution >= 4 is 23.6 Å². The Labute approximate surface area is 126 Å². The maximum Gasteiger partial charge on any atom is 0.329 e. The quantitative estimate of drug-likeness (QED) is 0.799. The molecule has 2 amide bonds. The number of carbonyl (C=O) groups excluding carboxylic acids is 1. The van der Waals surface area contributed by atoms with Gasteiger partial charge in [0.05, 0.1) is 0 Å². The van der Waals surface area contributed by atoms with Crippen molar-refractivity contribution in [2.45, 2.75) is 37.8 Å². The molecule has 0 aliphatic heterocycles. The molecule has 0 saturated heterocycles. The molecule has 0 aromatic heterocycles. The topological polar surface area (TPSA) is 78.4 Å². The van der Waals surface area contributed by atoms with Crippen molar-refractivity contribution < 1.29 is 19.1 Å². The van der Waals surface area contributed by atoms with Gasteiger partial charge in [-0.15, -0.1) is 0 Å². The third kappa shape index (κ3) is 3.64. The van der Waals surface area contributed by atoms with Crippen LogP contribution in [0.1, 0.15) is 31.2 Å². The maximum atomic E-state index is 12.9. The first kappa shape index (κ1) is 15.6. The Balaban J connectivity index is 1.94. The molecule has 1 aromatic carbocycles. The number of nitrogens with one attached hydrogen (secondary N) is 2. The first-order valence-corrected chi connectivity index (χ1v) is 7.04. The van der Waals surface area contributed by atoms with Crippen LogP contribution >= 0.6 is 11.6 Å².